The van der Waals surface area contributed by atoms with Crippen LogP contribution in [-0.2, 0) is 0 Å². The van der Waals surface area contributed by atoms with Gasteiger partial charge in [0.05, 0.1) is 0 Å². The van der Waals surface area contributed by atoms with E-state index in [9.17, 15) is 0 Å². The summed E-state index contributed by atoms with van der Waals surface area (Å²) in [6.45, 7) is 8.41. The average Bonchev–Trinajstić information content (AvgIpc) is 2.95. The summed E-state index contributed by atoms with van der Waals surface area (Å²) < 4.78 is 0. The molecule has 3 heteroatoms. The van der Waals surface area contributed by atoms with Gasteiger partial charge in [0.2, 0.25) is 0 Å². The number of hydrogen-bond donors (Lipinski definition) is 1. The van der Waals surface area contributed by atoms with Gasteiger partial charge < -0.3 is 0 Å². The smallest absolute Gasteiger partial charge is 0.0195 e. The molecule has 2 atom stereocenters. The van der Waals surface area contributed by atoms with Gasteiger partial charge in [-0.2, -0.15) is 12.6 Å². The number of thiol groups is 1. The van der Waals surface area contributed by atoms with Crippen LogP contribution in [0.4, 0.5) is 0 Å². The van der Waals surface area contributed by atoms with Gasteiger partial charge in [-0.05, 0) is 44.9 Å². The summed E-state index contributed by atoms with van der Waals surface area (Å²) in [5, 5.41) is 0. The van der Waals surface area contributed by atoms with E-state index in [4.69, 9.17) is 0 Å². The van der Waals surface area contributed by atoms with Crippen molar-refractivity contribution < 1.29 is 0 Å². The quantitative estimate of drug-likeness (QED) is 0.735. The molecule has 0 radical (unpaired) electrons. The zero-order valence-corrected chi connectivity index (χ0v) is 11.1. The van der Waals surface area contributed by atoms with Crippen LogP contribution >= 0.6 is 12.6 Å². The van der Waals surface area contributed by atoms with Gasteiger partial charge in [0, 0.05) is 31.7 Å². The van der Waals surface area contributed by atoms with E-state index in [0.717, 1.165) is 5.75 Å². The Morgan fingerprint density at radius 2 is 1.73 bits per heavy atom. The van der Waals surface area contributed by atoms with Gasteiger partial charge in [-0.3, -0.25) is 9.80 Å². The van der Waals surface area contributed by atoms with Crippen LogP contribution in [0.1, 0.15) is 26.7 Å². The van der Waals surface area contributed by atoms with Gasteiger partial charge in [0.1, 0.15) is 0 Å². The van der Waals surface area contributed by atoms with E-state index in [2.05, 4.69) is 43.3 Å². The highest BCUT2D eigenvalue weighted by molar-refractivity contribution is 7.80. The third-order valence-electron chi connectivity index (χ3n) is 4.29. The van der Waals surface area contributed by atoms with Crippen LogP contribution < -0.4 is 0 Å². The van der Waals surface area contributed by atoms with Crippen LogP contribution in [0, 0.1) is 5.41 Å². The zero-order chi connectivity index (χ0) is 11.1. The molecule has 0 bridgehead atoms. The number of piperazine rings is 1. The summed E-state index contributed by atoms with van der Waals surface area (Å²) in [7, 11) is 2.25. The molecule has 0 aromatic rings. The van der Waals surface area contributed by atoms with E-state index >= 15 is 0 Å². The topological polar surface area (TPSA) is 6.48 Å². The Kier molecular flexibility index (Phi) is 3.34. The summed E-state index contributed by atoms with van der Waals surface area (Å²) in [5.41, 5.74) is 0.582. The van der Waals surface area contributed by atoms with E-state index in [1.807, 2.05) is 0 Å². The van der Waals surface area contributed by atoms with Gasteiger partial charge in [-0.15, -0.1) is 0 Å². The van der Waals surface area contributed by atoms with Crippen LogP contribution in [0.3, 0.4) is 0 Å². The molecule has 88 valence electrons. The Labute approximate surface area is 99.4 Å². The largest absolute Gasteiger partial charge is 0.300 e. The molecule has 2 unspecified atom stereocenters. The predicted octanol–water partition coefficient (Wildman–Crippen LogP) is 1.72. The molecule has 1 aliphatic carbocycles. The van der Waals surface area contributed by atoms with E-state index in [1.54, 1.807) is 0 Å². The Balaban J connectivity index is 1.89. The van der Waals surface area contributed by atoms with Crippen molar-refractivity contribution in [3.8, 4) is 0 Å². The molecule has 1 saturated carbocycles. The molecule has 2 fully saturated rings. The zero-order valence-electron chi connectivity index (χ0n) is 10.2. The molecule has 1 aliphatic heterocycles. The van der Waals surface area contributed by atoms with Crippen molar-refractivity contribution in [3.63, 3.8) is 0 Å². The summed E-state index contributed by atoms with van der Waals surface area (Å²) >= 11 is 4.49. The standard InChI is InChI=1S/C12H24N2S/c1-10-6-14(7-11(2)13(10)3)8-12(9-15)4-5-12/h10-11,15H,4-9H2,1-3H3. The van der Waals surface area contributed by atoms with E-state index < -0.39 is 0 Å². The monoisotopic (exact) mass is 228 g/mol. The highest BCUT2D eigenvalue weighted by Gasteiger charge is 2.43. The van der Waals surface area contributed by atoms with Gasteiger partial charge in [0.25, 0.3) is 0 Å². The molecule has 15 heavy (non-hydrogen) atoms. The number of likely N-dealkylation sites (N-methyl/N-ethyl adjacent to an activating group) is 1. The minimum Gasteiger partial charge on any atom is -0.300 e. The first kappa shape index (κ1) is 11.7. The first-order valence-electron chi connectivity index (χ1n) is 6.11. The van der Waals surface area contributed by atoms with Crippen molar-refractivity contribution in [1.82, 2.24) is 9.80 Å². The van der Waals surface area contributed by atoms with Crippen molar-refractivity contribution in [1.29, 1.82) is 0 Å². The lowest BCUT2D eigenvalue weighted by atomic mass is 10.0. The minimum atomic E-state index is 0.582. The lowest BCUT2D eigenvalue weighted by Gasteiger charge is -2.43. The molecule has 2 aliphatic rings. The molecule has 2 rings (SSSR count). The van der Waals surface area contributed by atoms with Gasteiger partial charge in [-0.25, -0.2) is 0 Å². The SMILES string of the molecule is CC1CN(CC2(CS)CC2)CC(C)N1C. The maximum atomic E-state index is 4.49. The third kappa shape index (κ3) is 2.51. The third-order valence-corrected chi connectivity index (χ3v) is 4.96. The number of hydrogen-bond acceptors (Lipinski definition) is 3. The Morgan fingerprint density at radius 1 is 1.20 bits per heavy atom. The fraction of sp³-hybridized carbons (Fsp3) is 1.00. The maximum absolute atomic E-state index is 4.49. The van der Waals surface area contributed by atoms with Gasteiger partial charge in [-0.1, -0.05) is 0 Å². The first-order chi connectivity index (χ1) is 7.06. The van der Waals surface area contributed by atoms with E-state index in [0.29, 0.717) is 17.5 Å². The van der Waals surface area contributed by atoms with Gasteiger partial charge in [0.15, 0.2) is 0 Å². The first-order valence-corrected chi connectivity index (χ1v) is 6.75. The summed E-state index contributed by atoms with van der Waals surface area (Å²) in [5.74, 6) is 1.07. The van der Waals surface area contributed by atoms with Crippen molar-refractivity contribution >= 4 is 12.6 Å². The molecule has 0 aromatic heterocycles. The van der Waals surface area contributed by atoms with Crippen molar-refractivity contribution in [2.24, 2.45) is 5.41 Å². The second-order valence-electron chi connectivity index (χ2n) is 5.72. The van der Waals surface area contributed by atoms with Gasteiger partial charge >= 0.3 is 0 Å². The summed E-state index contributed by atoms with van der Waals surface area (Å²) in [4.78, 5) is 5.15. The fourth-order valence-electron chi connectivity index (χ4n) is 2.66. The molecule has 1 saturated heterocycles. The fourth-order valence-corrected chi connectivity index (χ4v) is 3.08. The van der Waals surface area contributed by atoms with Crippen LogP contribution in [0.5, 0.6) is 0 Å². The van der Waals surface area contributed by atoms with Crippen molar-refractivity contribution in [3.05, 3.63) is 0 Å². The van der Waals surface area contributed by atoms with Crippen LogP contribution in [-0.4, -0.2) is 54.3 Å². The molecule has 0 spiro atoms. The summed E-state index contributed by atoms with van der Waals surface area (Å²) in [6, 6.07) is 1.40. The van der Waals surface area contributed by atoms with Crippen LogP contribution in [0.15, 0.2) is 0 Å². The average molecular weight is 228 g/mol. The predicted molar refractivity (Wildman–Crippen MR) is 68.6 cm³/mol. The van der Waals surface area contributed by atoms with E-state index in [1.165, 1.54) is 32.5 Å². The molecule has 0 amide bonds. The molecular weight excluding hydrogens is 204 g/mol. The minimum absolute atomic E-state index is 0.582. The molecule has 0 aromatic carbocycles. The van der Waals surface area contributed by atoms with Crippen LogP contribution in [0.2, 0.25) is 0 Å². The molecular formula is C12H24N2S. The second kappa shape index (κ2) is 4.27. The second-order valence-corrected chi connectivity index (χ2v) is 6.03. The van der Waals surface area contributed by atoms with Crippen LogP contribution in [0.25, 0.3) is 0 Å². The van der Waals surface area contributed by atoms with Crippen molar-refractivity contribution in [2.45, 2.75) is 38.8 Å². The Bertz CT molecular complexity index is 216. The molecule has 0 N–H and O–H groups in total. The lowest BCUT2D eigenvalue weighted by molar-refractivity contribution is 0.0501. The lowest BCUT2D eigenvalue weighted by Crippen LogP contribution is -2.55. The number of nitrogens with zero attached hydrogens (tertiary/aromatic N) is 2. The van der Waals surface area contributed by atoms with Crippen molar-refractivity contribution in [2.75, 3.05) is 32.4 Å². The number of rotatable bonds is 3. The highest BCUT2D eigenvalue weighted by Crippen LogP contribution is 2.47. The summed E-state index contributed by atoms with van der Waals surface area (Å²) in [6.07, 6.45) is 2.79. The normalized spacial score (nSPS) is 36.8. The van der Waals surface area contributed by atoms with E-state index in [-0.39, 0.29) is 0 Å². The molecule has 2 nitrogen and oxygen atoms in total. The Hall–Kier alpha value is 0.270. The maximum Gasteiger partial charge on any atom is 0.0195 e. The molecule has 1 heterocycles. The Morgan fingerprint density at radius 3 is 2.13 bits per heavy atom. The highest BCUT2D eigenvalue weighted by atomic mass is 32.1.